The number of phenols is 2. The topological polar surface area (TPSA) is 113 Å². The summed E-state index contributed by atoms with van der Waals surface area (Å²) in [6, 6.07) is 3.17. The predicted octanol–water partition coefficient (Wildman–Crippen LogP) is 0.337. The fourth-order valence-electron chi connectivity index (χ4n) is 1.50. The van der Waals surface area contributed by atoms with Crippen LogP contribution in [-0.2, 0) is 4.79 Å². The van der Waals surface area contributed by atoms with E-state index in [4.69, 9.17) is 5.73 Å². The third kappa shape index (κ3) is 2.91. The number of aromatic hydroxyl groups is 2. The van der Waals surface area contributed by atoms with Crippen molar-refractivity contribution >= 4 is 11.8 Å². The van der Waals surface area contributed by atoms with E-state index >= 15 is 0 Å². The maximum absolute atomic E-state index is 11.8. The molecule has 1 atom stereocenters. The van der Waals surface area contributed by atoms with Crippen molar-refractivity contribution in [3.8, 4) is 11.5 Å². The first-order chi connectivity index (χ1) is 8.34. The van der Waals surface area contributed by atoms with Crippen molar-refractivity contribution in [2.75, 3.05) is 0 Å². The fraction of sp³-hybridized carbons (Fsp3) is 0.333. The summed E-state index contributed by atoms with van der Waals surface area (Å²) in [6.45, 7) is 3.47. The molecule has 1 aromatic rings. The summed E-state index contributed by atoms with van der Waals surface area (Å²) in [4.78, 5) is 23.0. The first kappa shape index (κ1) is 13.8. The highest BCUT2D eigenvalue weighted by atomic mass is 16.3. The first-order valence-electron chi connectivity index (χ1n) is 5.45. The van der Waals surface area contributed by atoms with Crippen LogP contribution in [0.3, 0.4) is 0 Å². The van der Waals surface area contributed by atoms with Crippen LogP contribution < -0.4 is 11.1 Å². The number of nitrogens with one attached hydrogen (secondary N) is 1. The number of benzene rings is 1. The van der Waals surface area contributed by atoms with Crippen molar-refractivity contribution in [2.45, 2.75) is 19.9 Å². The molecule has 1 aromatic carbocycles. The summed E-state index contributed by atoms with van der Waals surface area (Å²) in [5.41, 5.74) is 5.06. The average molecular weight is 252 g/mol. The largest absolute Gasteiger partial charge is 0.504 e. The molecule has 6 nitrogen and oxygen atoms in total. The van der Waals surface area contributed by atoms with Gasteiger partial charge in [-0.1, -0.05) is 19.9 Å². The summed E-state index contributed by atoms with van der Waals surface area (Å²) in [5, 5.41) is 21.2. The molecule has 0 saturated carbocycles. The first-order valence-corrected chi connectivity index (χ1v) is 5.45. The van der Waals surface area contributed by atoms with Crippen LogP contribution in [0.4, 0.5) is 0 Å². The van der Waals surface area contributed by atoms with Gasteiger partial charge in [0, 0.05) is 0 Å². The van der Waals surface area contributed by atoms with Crippen LogP contribution in [0.25, 0.3) is 0 Å². The van der Waals surface area contributed by atoms with Crippen LogP contribution in [0.1, 0.15) is 24.2 Å². The Labute approximate surface area is 104 Å². The second kappa shape index (κ2) is 5.39. The number of hydrogen-bond donors (Lipinski definition) is 4. The summed E-state index contributed by atoms with van der Waals surface area (Å²) >= 11 is 0. The number of primary amides is 1. The van der Waals surface area contributed by atoms with E-state index in [9.17, 15) is 19.8 Å². The Hall–Kier alpha value is -2.24. The lowest BCUT2D eigenvalue weighted by atomic mass is 10.0. The summed E-state index contributed by atoms with van der Waals surface area (Å²) in [7, 11) is 0. The highest BCUT2D eigenvalue weighted by Gasteiger charge is 2.24. The molecule has 0 spiro atoms. The second-order valence-electron chi connectivity index (χ2n) is 4.27. The predicted molar refractivity (Wildman–Crippen MR) is 65.1 cm³/mol. The Morgan fingerprint density at radius 3 is 2.39 bits per heavy atom. The highest BCUT2D eigenvalue weighted by molar-refractivity contribution is 6.00. The standard InChI is InChI=1S/C12H16N2O4/c1-6(2)9(11(13)17)14-12(18)7-4-3-5-8(15)10(7)16/h3-6,9,15-16H,1-2H3,(H2,13,17)(H,14,18). The smallest absolute Gasteiger partial charge is 0.255 e. The van der Waals surface area contributed by atoms with Crippen LogP contribution in [0.5, 0.6) is 11.5 Å². The Morgan fingerprint density at radius 2 is 1.89 bits per heavy atom. The third-order valence-electron chi connectivity index (χ3n) is 2.52. The fourth-order valence-corrected chi connectivity index (χ4v) is 1.50. The molecule has 0 heterocycles. The van der Waals surface area contributed by atoms with Crippen LogP contribution in [0, 0.1) is 5.92 Å². The van der Waals surface area contributed by atoms with Crippen molar-refractivity contribution in [3.05, 3.63) is 23.8 Å². The summed E-state index contributed by atoms with van der Waals surface area (Å²) < 4.78 is 0. The minimum absolute atomic E-state index is 0.109. The molecule has 2 amide bonds. The molecule has 1 rings (SSSR count). The monoisotopic (exact) mass is 252 g/mol. The Bertz CT molecular complexity index is 471. The van der Waals surface area contributed by atoms with Gasteiger partial charge in [-0.2, -0.15) is 0 Å². The Balaban J connectivity index is 2.94. The molecule has 0 aliphatic rings. The van der Waals surface area contributed by atoms with E-state index in [2.05, 4.69) is 5.32 Å². The van der Waals surface area contributed by atoms with Crippen molar-refractivity contribution in [3.63, 3.8) is 0 Å². The van der Waals surface area contributed by atoms with Gasteiger partial charge in [0.2, 0.25) is 5.91 Å². The van der Waals surface area contributed by atoms with E-state index in [0.717, 1.165) is 0 Å². The molecule has 98 valence electrons. The van der Waals surface area contributed by atoms with E-state index in [0.29, 0.717) is 0 Å². The molecule has 0 saturated heterocycles. The van der Waals surface area contributed by atoms with E-state index in [1.807, 2.05) is 0 Å². The lowest BCUT2D eigenvalue weighted by Gasteiger charge is -2.19. The molecule has 6 heteroatoms. The molecule has 5 N–H and O–H groups in total. The zero-order valence-corrected chi connectivity index (χ0v) is 10.2. The molecule has 0 radical (unpaired) electrons. The maximum atomic E-state index is 11.8. The molecule has 0 aliphatic heterocycles. The number of rotatable bonds is 4. The number of amides is 2. The molecule has 18 heavy (non-hydrogen) atoms. The van der Waals surface area contributed by atoms with Crippen LogP contribution in [0.15, 0.2) is 18.2 Å². The lowest BCUT2D eigenvalue weighted by Crippen LogP contribution is -2.47. The number of carbonyl (C=O) groups is 2. The highest BCUT2D eigenvalue weighted by Crippen LogP contribution is 2.28. The number of carbonyl (C=O) groups excluding carboxylic acids is 2. The zero-order chi connectivity index (χ0) is 13.9. The van der Waals surface area contributed by atoms with Gasteiger partial charge in [0.05, 0.1) is 5.56 Å². The van der Waals surface area contributed by atoms with Crippen molar-refractivity contribution in [1.29, 1.82) is 0 Å². The molecule has 0 bridgehead atoms. The van der Waals surface area contributed by atoms with Gasteiger partial charge in [-0.25, -0.2) is 0 Å². The number of para-hydroxylation sites is 1. The molecular weight excluding hydrogens is 236 g/mol. The van der Waals surface area contributed by atoms with Gasteiger partial charge < -0.3 is 21.3 Å². The molecule has 0 aromatic heterocycles. The Morgan fingerprint density at radius 1 is 1.28 bits per heavy atom. The number of nitrogens with two attached hydrogens (primary N) is 1. The minimum atomic E-state index is -0.834. The molecule has 0 fully saturated rings. The van der Waals surface area contributed by atoms with Crippen LogP contribution in [0.2, 0.25) is 0 Å². The third-order valence-corrected chi connectivity index (χ3v) is 2.52. The van der Waals surface area contributed by atoms with Crippen LogP contribution in [-0.4, -0.2) is 28.1 Å². The minimum Gasteiger partial charge on any atom is -0.504 e. The van der Waals surface area contributed by atoms with E-state index in [1.165, 1.54) is 18.2 Å². The number of phenolic OH excluding ortho intramolecular Hbond substituents is 2. The zero-order valence-electron chi connectivity index (χ0n) is 10.2. The van der Waals surface area contributed by atoms with Gasteiger partial charge in [0.15, 0.2) is 11.5 Å². The van der Waals surface area contributed by atoms with Gasteiger partial charge in [-0.3, -0.25) is 9.59 Å². The lowest BCUT2D eigenvalue weighted by molar-refractivity contribution is -0.120. The maximum Gasteiger partial charge on any atom is 0.255 e. The van der Waals surface area contributed by atoms with E-state index in [-0.39, 0.29) is 11.5 Å². The summed E-state index contributed by atoms with van der Waals surface area (Å²) in [6.07, 6.45) is 0. The second-order valence-corrected chi connectivity index (χ2v) is 4.27. The molecule has 1 unspecified atom stereocenters. The van der Waals surface area contributed by atoms with Crippen molar-refractivity contribution in [1.82, 2.24) is 5.32 Å². The Kier molecular flexibility index (Phi) is 4.14. The van der Waals surface area contributed by atoms with Gasteiger partial charge in [-0.05, 0) is 18.1 Å². The van der Waals surface area contributed by atoms with Gasteiger partial charge >= 0.3 is 0 Å². The number of hydrogen-bond acceptors (Lipinski definition) is 4. The van der Waals surface area contributed by atoms with Gasteiger partial charge in [-0.15, -0.1) is 0 Å². The van der Waals surface area contributed by atoms with E-state index in [1.54, 1.807) is 13.8 Å². The quantitative estimate of drug-likeness (QED) is 0.578. The van der Waals surface area contributed by atoms with Crippen molar-refractivity contribution < 1.29 is 19.8 Å². The van der Waals surface area contributed by atoms with Gasteiger partial charge in [0.1, 0.15) is 6.04 Å². The van der Waals surface area contributed by atoms with Crippen molar-refractivity contribution in [2.24, 2.45) is 11.7 Å². The average Bonchev–Trinajstić information content (AvgIpc) is 2.28. The summed E-state index contributed by atoms with van der Waals surface area (Å²) in [5.74, 6) is -2.42. The normalized spacial score (nSPS) is 12.2. The van der Waals surface area contributed by atoms with Gasteiger partial charge in [0.25, 0.3) is 5.91 Å². The van der Waals surface area contributed by atoms with E-state index < -0.39 is 29.4 Å². The molecular formula is C12H16N2O4. The SMILES string of the molecule is CC(C)C(NC(=O)c1cccc(O)c1O)C(N)=O. The van der Waals surface area contributed by atoms with Crippen LogP contribution >= 0.6 is 0 Å². The molecule has 0 aliphatic carbocycles.